The van der Waals surface area contributed by atoms with Crippen LogP contribution in [0.3, 0.4) is 0 Å². The van der Waals surface area contributed by atoms with E-state index in [9.17, 15) is 14.4 Å². The number of carbonyl (C=O) groups excluding carboxylic acids is 2. The third-order valence-electron chi connectivity index (χ3n) is 3.48. The number of aliphatic carboxylic acids is 1. The van der Waals surface area contributed by atoms with Crippen LogP contribution in [0.15, 0.2) is 0 Å². The van der Waals surface area contributed by atoms with Gasteiger partial charge in [-0.3, -0.25) is 9.59 Å². The molecule has 1 aliphatic rings. The van der Waals surface area contributed by atoms with Gasteiger partial charge in [0.25, 0.3) is 0 Å². The van der Waals surface area contributed by atoms with Crippen LogP contribution >= 0.6 is 0 Å². The highest BCUT2D eigenvalue weighted by molar-refractivity contribution is 5.90. The Morgan fingerprint density at radius 1 is 1.21 bits per heavy atom. The number of rotatable bonds is 6. The van der Waals surface area contributed by atoms with Crippen molar-refractivity contribution in [1.82, 2.24) is 5.32 Å². The predicted molar refractivity (Wildman–Crippen MR) is 68.0 cm³/mol. The van der Waals surface area contributed by atoms with E-state index in [4.69, 9.17) is 16.6 Å². The summed E-state index contributed by atoms with van der Waals surface area (Å²) in [6.45, 7) is 0. The van der Waals surface area contributed by atoms with Gasteiger partial charge in [-0.1, -0.05) is 19.3 Å². The van der Waals surface area contributed by atoms with E-state index in [1.54, 1.807) is 0 Å². The minimum atomic E-state index is -1.19. The molecular formula is C12H21N3O4. The van der Waals surface area contributed by atoms with Gasteiger partial charge < -0.3 is 21.9 Å². The van der Waals surface area contributed by atoms with Crippen LogP contribution in [-0.2, 0) is 14.4 Å². The number of hydrogen-bond acceptors (Lipinski definition) is 4. The molecule has 7 nitrogen and oxygen atoms in total. The summed E-state index contributed by atoms with van der Waals surface area (Å²) in [5.74, 6) is -2.24. The van der Waals surface area contributed by atoms with Gasteiger partial charge in [-0.2, -0.15) is 0 Å². The summed E-state index contributed by atoms with van der Waals surface area (Å²) in [6.07, 6.45) is 3.77. The maximum atomic E-state index is 12.1. The molecule has 0 bridgehead atoms. The number of nitrogens with one attached hydrogen (secondary N) is 1. The second-order valence-corrected chi connectivity index (χ2v) is 5.09. The van der Waals surface area contributed by atoms with E-state index in [1.807, 2.05) is 0 Å². The first kappa shape index (κ1) is 15.4. The van der Waals surface area contributed by atoms with Crippen LogP contribution in [-0.4, -0.2) is 34.5 Å². The van der Waals surface area contributed by atoms with Crippen molar-refractivity contribution >= 4 is 17.8 Å². The zero-order valence-electron chi connectivity index (χ0n) is 10.9. The molecule has 1 fully saturated rings. The Morgan fingerprint density at radius 3 is 2.26 bits per heavy atom. The van der Waals surface area contributed by atoms with E-state index < -0.39 is 29.4 Å². The fraction of sp³-hybridized carbons (Fsp3) is 0.750. The highest BCUT2D eigenvalue weighted by Gasteiger charge is 2.37. The molecular weight excluding hydrogens is 250 g/mol. The molecule has 1 rings (SSSR count). The zero-order valence-corrected chi connectivity index (χ0v) is 10.9. The van der Waals surface area contributed by atoms with E-state index >= 15 is 0 Å². The molecule has 0 aromatic carbocycles. The fourth-order valence-electron chi connectivity index (χ4n) is 2.26. The van der Waals surface area contributed by atoms with Crippen LogP contribution in [0.2, 0.25) is 0 Å². The Labute approximate surface area is 111 Å². The van der Waals surface area contributed by atoms with Crippen LogP contribution in [0.25, 0.3) is 0 Å². The Kier molecular flexibility index (Phi) is 5.29. The van der Waals surface area contributed by atoms with Gasteiger partial charge in [0, 0.05) is 6.42 Å². The van der Waals surface area contributed by atoms with Crippen molar-refractivity contribution in [3.05, 3.63) is 0 Å². The normalized spacial score (nSPS) is 19.4. The van der Waals surface area contributed by atoms with Crippen LogP contribution in [0, 0.1) is 0 Å². The summed E-state index contributed by atoms with van der Waals surface area (Å²) in [7, 11) is 0. The lowest BCUT2D eigenvalue weighted by atomic mass is 9.81. The van der Waals surface area contributed by atoms with Crippen LogP contribution in [0.5, 0.6) is 0 Å². The van der Waals surface area contributed by atoms with E-state index in [2.05, 4.69) is 5.32 Å². The molecule has 0 aliphatic heterocycles. The number of amides is 2. The van der Waals surface area contributed by atoms with Crippen LogP contribution < -0.4 is 16.8 Å². The number of primary amides is 1. The number of hydrogen-bond donors (Lipinski definition) is 4. The quantitative estimate of drug-likeness (QED) is 0.515. The third-order valence-corrected chi connectivity index (χ3v) is 3.48. The van der Waals surface area contributed by atoms with Gasteiger partial charge in [-0.15, -0.1) is 0 Å². The van der Waals surface area contributed by atoms with E-state index in [-0.39, 0.29) is 12.8 Å². The van der Waals surface area contributed by atoms with Gasteiger partial charge in [0.1, 0.15) is 6.04 Å². The summed E-state index contributed by atoms with van der Waals surface area (Å²) in [5, 5.41) is 11.4. The predicted octanol–water partition coefficient (Wildman–Crippen LogP) is -0.517. The van der Waals surface area contributed by atoms with Crippen molar-refractivity contribution in [2.24, 2.45) is 11.5 Å². The molecule has 0 spiro atoms. The summed E-state index contributed by atoms with van der Waals surface area (Å²) in [4.78, 5) is 33.8. The van der Waals surface area contributed by atoms with Crippen molar-refractivity contribution in [3.63, 3.8) is 0 Å². The average molecular weight is 271 g/mol. The van der Waals surface area contributed by atoms with Crippen LogP contribution in [0.1, 0.15) is 44.9 Å². The molecule has 0 radical (unpaired) electrons. The van der Waals surface area contributed by atoms with Gasteiger partial charge in [-0.25, -0.2) is 4.79 Å². The first-order valence-electron chi connectivity index (χ1n) is 6.46. The second-order valence-electron chi connectivity index (χ2n) is 5.09. The molecule has 6 N–H and O–H groups in total. The van der Waals surface area contributed by atoms with Crippen molar-refractivity contribution < 1.29 is 19.5 Å². The first-order valence-corrected chi connectivity index (χ1v) is 6.46. The molecule has 2 amide bonds. The molecule has 108 valence electrons. The Hall–Kier alpha value is -1.63. The maximum Gasteiger partial charge on any atom is 0.326 e. The molecule has 7 heteroatoms. The molecule has 1 unspecified atom stereocenters. The van der Waals surface area contributed by atoms with E-state index in [0.717, 1.165) is 19.3 Å². The summed E-state index contributed by atoms with van der Waals surface area (Å²) < 4.78 is 0. The summed E-state index contributed by atoms with van der Waals surface area (Å²) in [5.41, 5.74) is 9.99. The highest BCUT2D eigenvalue weighted by Crippen LogP contribution is 2.26. The highest BCUT2D eigenvalue weighted by atomic mass is 16.4. The molecule has 0 saturated heterocycles. The minimum Gasteiger partial charge on any atom is -0.480 e. The lowest BCUT2D eigenvalue weighted by Gasteiger charge is -2.32. The van der Waals surface area contributed by atoms with Gasteiger partial charge in [-0.05, 0) is 19.3 Å². The van der Waals surface area contributed by atoms with Gasteiger partial charge in [0.05, 0.1) is 5.54 Å². The lowest BCUT2D eigenvalue weighted by molar-refractivity contribution is -0.143. The number of carboxylic acid groups (broad SMARTS) is 1. The molecule has 19 heavy (non-hydrogen) atoms. The maximum absolute atomic E-state index is 12.1. The van der Waals surface area contributed by atoms with E-state index in [1.165, 1.54) is 0 Å². The minimum absolute atomic E-state index is 0.0213. The molecule has 1 saturated carbocycles. The Balaban J connectivity index is 2.59. The molecule has 0 aromatic heterocycles. The monoisotopic (exact) mass is 271 g/mol. The largest absolute Gasteiger partial charge is 0.480 e. The van der Waals surface area contributed by atoms with E-state index in [0.29, 0.717) is 12.8 Å². The number of nitrogens with two attached hydrogens (primary N) is 2. The van der Waals surface area contributed by atoms with Gasteiger partial charge >= 0.3 is 5.97 Å². The Bertz CT molecular complexity index is 364. The topological polar surface area (TPSA) is 136 Å². The van der Waals surface area contributed by atoms with Gasteiger partial charge in [0.15, 0.2) is 0 Å². The molecule has 0 aromatic rings. The smallest absolute Gasteiger partial charge is 0.326 e. The molecule has 1 aliphatic carbocycles. The lowest BCUT2D eigenvalue weighted by Crippen LogP contribution is -2.58. The summed E-state index contributed by atoms with van der Waals surface area (Å²) in [6, 6.07) is -1.12. The third kappa shape index (κ3) is 4.51. The zero-order chi connectivity index (χ0) is 14.5. The first-order chi connectivity index (χ1) is 8.85. The standard InChI is InChI=1S/C12H21N3O4/c13-9(16)5-4-8(10(17)18)15-11(19)12(14)6-2-1-3-7-12/h8H,1-7,14H2,(H2,13,16)(H,15,19)(H,17,18). The number of carboxylic acids is 1. The van der Waals surface area contributed by atoms with Gasteiger partial charge in [0.2, 0.25) is 11.8 Å². The number of carbonyl (C=O) groups is 3. The van der Waals surface area contributed by atoms with Crippen molar-refractivity contribution in [1.29, 1.82) is 0 Å². The molecule has 1 atom stereocenters. The van der Waals surface area contributed by atoms with Crippen LogP contribution in [0.4, 0.5) is 0 Å². The second kappa shape index (κ2) is 6.51. The average Bonchev–Trinajstić information content (AvgIpc) is 2.34. The Morgan fingerprint density at radius 2 is 1.79 bits per heavy atom. The SMILES string of the molecule is NC(=O)CCC(NC(=O)C1(N)CCCCC1)C(=O)O. The fourth-order valence-corrected chi connectivity index (χ4v) is 2.26. The van der Waals surface area contributed by atoms with Crippen molar-refractivity contribution in [3.8, 4) is 0 Å². The van der Waals surface area contributed by atoms with Crippen molar-refractivity contribution in [2.45, 2.75) is 56.5 Å². The van der Waals surface area contributed by atoms with Crippen molar-refractivity contribution in [2.75, 3.05) is 0 Å². The molecule has 0 heterocycles. The summed E-state index contributed by atoms with van der Waals surface area (Å²) >= 11 is 0.